The fourth-order valence-electron chi connectivity index (χ4n) is 2.29. The molecule has 0 bridgehead atoms. The molecule has 5 heteroatoms. The van der Waals surface area contributed by atoms with Crippen LogP contribution >= 0.6 is 0 Å². The van der Waals surface area contributed by atoms with Crippen LogP contribution in [0.5, 0.6) is 0 Å². The van der Waals surface area contributed by atoms with Crippen LogP contribution in [0, 0.1) is 0 Å². The van der Waals surface area contributed by atoms with E-state index in [1.54, 1.807) is 24.3 Å². The van der Waals surface area contributed by atoms with Crippen molar-refractivity contribution in [3.05, 3.63) is 77.5 Å². The molecule has 3 aromatic rings. The molecule has 3 rings (SSSR count). The van der Waals surface area contributed by atoms with Gasteiger partial charge in [-0.15, -0.1) is 0 Å². The number of para-hydroxylation sites is 1. The third-order valence-electron chi connectivity index (χ3n) is 3.35. The highest BCUT2D eigenvalue weighted by atomic mass is 19.4. The van der Waals surface area contributed by atoms with Gasteiger partial charge in [-0.3, -0.25) is 9.78 Å². The predicted octanol–water partition coefficient (Wildman–Crippen LogP) is 4.48. The number of rotatable bonds is 2. The zero-order valence-electron chi connectivity index (χ0n) is 11.3. The van der Waals surface area contributed by atoms with Crippen LogP contribution in [0.1, 0.15) is 21.5 Å². The molecule has 0 N–H and O–H groups in total. The lowest BCUT2D eigenvalue weighted by atomic mass is 9.98. The first-order valence-electron chi connectivity index (χ1n) is 6.52. The average Bonchev–Trinajstić information content (AvgIpc) is 2.53. The summed E-state index contributed by atoms with van der Waals surface area (Å²) in [4.78, 5) is 16.7. The summed E-state index contributed by atoms with van der Waals surface area (Å²) in [7, 11) is 0. The zero-order chi connectivity index (χ0) is 15.7. The number of carbonyl (C=O) groups is 1. The minimum atomic E-state index is -4.48. The second-order valence-corrected chi connectivity index (χ2v) is 4.78. The summed E-state index contributed by atoms with van der Waals surface area (Å²) in [5.74, 6) is -0.454. The quantitative estimate of drug-likeness (QED) is 0.653. The minimum absolute atomic E-state index is 0.00572. The van der Waals surface area contributed by atoms with Gasteiger partial charge in [-0.25, -0.2) is 0 Å². The summed E-state index contributed by atoms with van der Waals surface area (Å²) in [6, 6.07) is 13.0. The van der Waals surface area contributed by atoms with Crippen LogP contribution in [0.25, 0.3) is 10.9 Å². The van der Waals surface area contributed by atoms with Gasteiger partial charge in [-0.05, 0) is 24.3 Å². The third kappa shape index (κ3) is 2.57. The van der Waals surface area contributed by atoms with E-state index in [4.69, 9.17) is 0 Å². The molecule has 0 aliphatic carbocycles. The summed E-state index contributed by atoms with van der Waals surface area (Å²) < 4.78 is 38.3. The Balaban J connectivity index is 2.11. The second kappa shape index (κ2) is 5.26. The fourth-order valence-corrected chi connectivity index (χ4v) is 2.29. The van der Waals surface area contributed by atoms with E-state index in [2.05, 4.69) is 4.98 Å². The van der Waals surface area contributed by atoms with Crippen molar-refractivity contribution in [1.29, 1.82) is 0 Å². The first-order valence-corrected chi connectivity index (χ1v) is 6.52. The lowest BCUT2D eigenvalue weighted by Gasteiger charge is -2.09. The Morgan fingerprint density at radius 1 is 0.955 bits per heavy atom. The van der Waals surface area contributed by atoms with Crippen molar-refractivity contribution in [2.24, 2.45) is 0 Å². The van der Waals surface area contributed by atoms with Gasteiger partial charge in [0.25, 0.3) is 0 Å². The number of alkyl halides is 3. The Morgan fingerprint density at radius 2 is 1.73 bits per heavy atom. The molecule has 0 aliphatic rings. The molecule has 0 saturated heterocycles. The van der Waals surface area contributed by atoms with Crippen molar-refractivity contribution in [3.63, 3.8) is 0 Å². The van der Waals surface area contributed by atoms with Gasteiger partial charge in [-0.2, -0.15) is 13.2 Å². The highest BCUT2D eigenvalue weighted by molar-refractivity contribution is 6.15. The highest BCUT2D eigenvalue weighted by Gasteiger charge is 2.31. The first-order chi connectivity index (χ1) is 10.5. The van der Waals surface area contributed by atoms with E-state index in [0.29, 0.717) is 16.5 Å². The number of hydrogen-bond donors (Lipinski definition) is 0. The van der Waals surface area contributed by atoms with Gasteiger partial charge in [0.1, 0.15) is 0 Å². The van der Waals surface area contributed by atoms with Crippen molar-refractivity contribution in [3.8, 4) is 0 Å². The molecule has 1 heterocycles. The molecule has 0 amide bonds. The molecular weight excluding hydrogens is 291 g/mol. The van der Waals surface area contributed by atoms with Gasteiger partial charge in [0.15, 0.2) is 5.78 Å². The average molecular weight is 301 g/mol. The number of fused-ring (bicyclic) bond motifs is 1. The Labute approximate surface area is 124 Å². The normalized spacial score (nSPS) is 11.6. The maximum Gasteiger partial charge on any atom is 0.416 e. The molecular formula is C17H10F3NO. The molecule has 110 valence electrons. The van der Waals surface area contributed by atoms with Crippen LogP contribution < -0.4 is 0 Å². The van der Waals surface area contributed by atoms with Crippen LogP contribution in [0.3, 0.4) is 0 Å². The molecule has 0 spiro atoms. The molecule has 22 heavy (non-hydrogen) atoms. The molecule has 1 aromatic heterocycles. The van der Waals surface area contributed by atoms with Crippen LogP contribution in [0.4, 0.5) is 13.2 Å². The topological polar surface area (TPSA) is 30.0 Å². The number of carbonyl (C=O) groups excluding carboxylic acids is 1. The Kier molecular flexibility index (Phi) is 3.41. The Morgan fingerprint density at radius 3 is 2.50 bits per heavy atom. The van der Waals surface area contributed by atoms with Gasteiger partial charge in [0.2, 0.25) is 0 Å². The fraction of sp³-hybridized carbons (Fsp3) is 0.0588. The second-order valence-electron chi connectivity index (χ2n) is 4.78. The molecule has 2 nitrogen and oxygen atoms in total. The lowest BCUT2D eigenvalue weighted by molar-refractivity contribution is -0.137. The number of ketones is 1. The van der Waals surface area contributed by atoms with E-state index in [0.717, 1.165) is 12.1 Å². The lowest BCUT2D eigenvalue weighted by Crippen LogP contribution is -2.08. The molecule has 2 aromatic carbocycles. The summed E-state index contributed by atoms with van der Waals surface area (Å²) >= 11 is 0. The van der Waals surface area contributed by atoms with Gasteiger partial charge in [0, 0.05) is 22.7 Å². The van der Waals surface area contributed by atoms with E-state index < -0.39 is 17.5 Å². The third-order valence-corrected chi connectivity index (χ3v) is 3.35. The Bertz CT molecular complexity index is 850. The zero-order valence-corrected chi connectivity index (χ0v) is 11.3. The summed E-state index contributed by atoms with van der Waals surface area (Å²) in [5, 5.41) is 0.618. The monoisotopic (exact) mass is 301 g/mol. The number of hydrogen-bond acceptors (Lipinski definition) is 2. The standard InChI is InChI=1S/C17H10F3NO/c18-17(19,20)12-5-3-4-11(10-12)16(22)14-8-9-21-15-7-2-1-6-13(14)15/h1-10H. The van der Waals surface area contributed by atoms with E-state index >= 15 is 0 Å². The molecule has 0 atom stereocenters. The van der Waals surface area contributed by atoms with Crippen molar-refractivity contribution in [2.75, 3.05) is 0 Å². The SMILES string of the molecule is O=C(c1cccc(C(F)(F)F)c1)c1ccnc2ccccc12. The summed E-state index contributed by atoms with van der Waals surface area (Å²) in [6.45, 7) is 0. The van der Waals surface area contributed by atoms with E-state index in [-0.39, 0.29) is 5.56 Å². The first kappa shape index (κ1) is 14.3. The maximum absolute atomic E-state index is 12.8. The molecule has 0 aliphatic heterocycles. The summed E-state index contributed by atoms with van der Waals surface area (Å²) in [6.07, 6.45) is -3.00. The number of benzene rings is 2. The van der Waals surface area contributed by atoms with Crippen molar-refractivity contribution in [1.82, 2.24) is 4.98 Å². The number of nitrogens with zero attached hydrogens (tertiary/aromatic N) is 1. The minimum Gasteiger partial charge on any atom is -0.289 e. The number of pyridine rings is 1. The summed E-state index contributed by atoms with van der Waals surface area (Å²) in [5.41, 5.74) is 0.133. The van der Waals surface area contributed by atoms with E-state index in [1.165, 1.54) is 24.4 Å². The van der Waals surface area contributed by atoms with Gasteiger partial charge in [0.05, 0.1) is 11.1 Å². The smallest absolute Gasteiger partial charge is 0.289 e. The Hall–Kier alpha value is -2.69. The predicted molar refractivity (Wildman–Crippen MR) is 76.6 cm³/mol. The molecule has 0 fully saturated rings. The van der Waals surface area contributed by atoms with Crippen LogP contribution in [0.2, 0.25) is 0 Å². The number of halogens is 3. The number of aromatic nitrogens is 1. The van der Waals surface area contributed by atoms with Gasteiger partial charge in [-0.1, -0.05) is 30.3 Å². The molecule has 0 radical (unpaired) electrons. The van der Waals surface area contributed by atoms with Gasteiger partial charge >= 0.3 is 6.18 Å². The van der Waals surface area contributed by atoms with Crippen LogP contribution in [-0.4, -0.2) is 10.8 Å². The highest BCUT2D eigenvalue weighted by Crippen LogP contribution is 2.30. The maximum atomic E-state index is 12.8. The van der Waals surface area contributed by atoms with Crippen LogP contribution in [-0.2, 0) is 6.18 Å². The van der Waals surface area contributed by atoms with E-state index in [1.807, 2.05) is 0 Å². The molecule has 0 unspecified atom stereocenters. The van der Waals surface area contributed by atoms with E-state index in [9.17, 15) is 18.0 Å². The van der Waals surface area contributed by atoms with Crippen molar-refractivity contribution < 1.29 is 18.0 Å². The van der Waals surface area contributed by atoms with Crippen LogP contribution in [0.15, 0.2) is 60.8 Å². The largest absolute Gasteiger partial charge is 0.416 e. The van der Waals surface area contributed by atoms with Gasteiger partial charge < -0.3 is 0 Å². The van der Waals surface area contributed by atoms with Crippen molar-refractivity contribution >= 4 is 16.7 Å². The molecule has 0 saturated carbocycles. The van der Waals surface area contributed by atoms with Crippen molar-refractivity contribution in [2.45, 2.75) is 6.18 Å².